The van der Waals surface area contributed by atoms with E-state index in [1.54, 1.807) is 6.07 Å². The minimum Gasteiger partial charge on any atom is -0.479 e. The Morgan fingerprint density at radius 2 is 2.19 bits per heavy atom. The average Bonchev–Trinajstić information content (AvgIpc) is 2.21. The Kier molecular flexibility index (Phi) is 3.84. The first-order valence-corrected chi connectivity index (χ1v) is 4.74. The van der Waals surface area contributed by atoms with Gasteiger partial charge in [-0.3, -0.25) is 0 Å². The number of benzene rings is 1. The third kappa shape index (κ3) is 2.70. The van der Waals surface area contributed by atoms with Gasteiger partial charge in [-0.2, -0.15) is 0 Å². The smallest absolute Gasteiger partial charge is 0.331 e. The summed E-state index contributed by atoms with van der Waals surface area (Å²) in [7, 11) is 1.39. The third-order valence-electron chi connectivity index (χ3n) is 2.19. The highest BCUT2D eigenvalue weighted by Crippen LogP contribution is 2.19. The summed E-state index contributed by atoms with van der Waals surface area (Å²) in [6, 6.07) is 5.90. The quantitative estimate of drug-likeness (QED) is 0.804. The second kappa shape index (κ2) is 4.94. The van der Waals surface area contributed by atoms with Gasteiger partial charge in [0.1, 0.15) is 5.82 Å². The zero-order chi connectivity index (χ0) is 12.2. The van der Waals surface area contributed by atoms with Crippen molar-refractivity contribution in [3.8, 4) is 0 Å². The van der Waals surface area contributed by atoms with Gasteiger partial charge in [0.15, 0.2) is 5.54 Å². The van der Waals surface area contributed by atoms with E-state index in [4.69, 9.17) is 9.84 Å². The predicted octanol–water partition coefficient (Wildman–Crippen LogP) is 1.73. The first-order chi connectivity index (χ1) is 7.49. The Labute approximate surface area is 93.0 Å². The van der Waals surface area contributed by atoms with Gasteiger partial charge in [-0.15, -0.1) is 0 Å². The van der Waals surface area contributed by atoms with Gasteiger partial charge in [0.25, 0.3) is 0 Å². The van der Waals surface area contributed by atoms with E-state index in [9.17, 15) is 9.18 Å². The van der Waals surface area contributed by atoms with Gasteiger partial charge in [0.2, 0.25) is 0 Å². The maximum Gasteiger partial charge on any atom is 0.331 e. The molecule has 1 aromatic rings. The van der Waals surface area contributed by atoms with Crippen molar-refractivity contribution in [2.75, 3.05) is 19.0 Å². The van der Waals surface area contributed by atoms with E-state index in [0.29, 0.717) is 0 Å². The molecule has 0 heterocycles. The molecule has 4 nitrogen and oxygen atoms in total. The van der Waals surface area contributed by atoms with Gasteiger partial charge in [-0.1, -0.05) is 12.1 Å². The van der Waals surface area contributed by atoms with E-state index in [2.05, 4.69) is 5.32 Å². The molecule has 88 valence electrons. The highest BCUT2D eigenvalue weighted by molar-refractivity contribution is 5.82. The van der Waals surface area contributed by atoms with E-state index in [1.807, 2.05) is 0 Å². The molecule has 0 aliphatic carbocycles. The van der Waals surface area contributed by atoms with Crippen molar-refractivity contribution in [1.29, 1.82) is 0 Å². The molecule has 1 atom stereocenters. The highest BCUT2D eigenvalue weighted by Gasteiger charge is 2.33. The van der Waals surface area contributed by atoms with Crippen molar-refractivity contribution in [3.63, 3.8) is 0 Å². The molecule has 1 rings (SSSR count). The van der Waals surface area contributed by atoms with Crippen molar-refractivity contribution in [2.24, 2.45) is 0 Å². The standard InChI is InChI=1S/C11H14FNO3/c1-11(7-16-2,10(14)15)13-9-6-4-3-5-8(9)12/h3-6,13H,7H2,1-2H3,(H,14,15). The summed E-state index contributed by atoms with van der Waals surface area (Å²) in [5.74, 6) is -1.59. The van der Waals surface area contributed by atoms with Crippen LogP contribution >= 0.6 is 0 Å². The van der Waals surface area contributed by atoms with E-state index in [-0.39, 0.29) is 12.3 Å². The molecule has 0 aliphatic heterocycles. The number of methoxy groups -OCH3 is 1. The zero-order valence-electron chi connectivity index (χ0n) is 9.16. The lowest BCUT2D eigenvalue weighted by Gasteiger charge is -2.26. The summed E-state index contributed by atoms with van der Waals surface area (Å²) in [5, 5.41) is 11.7. The van der Waals surface area contributed by atoms with E-state index in [0.717, 1.165) is 0 Å². The summed E-state index contributed by atoms with van der Waals surface area (Å²) in [5.41, 5.74) is -1.21. The van der Waals surface area contributed by atoms with Crippen molar-refractivity contribution >= 4 is 11.7 Å². The molecule has 0 amide bonds. The van der Waals surface area contributed by atoms with Crippen molar-refractivity contribution in [1.82, 2.24) is 0 Å². The van der Waals surface area contributed by atoms with Crippen LogP contribution in [-0.2, 0) is 9.53 Å². The minimum absolute atomic E-state index is 0.0589. The third-order valence-corrected chi connectivity index (χ3v) is 2.19. The number of halogens is 1. The van der Waals surface area contributed by atoms with Crippen LogP contribution in [0.25, 0.3) is 0 Å². The minimum atomic E-state index is -1.35. The van der Waals surface area contributed by atoms with Gasteiger partial charge >= 0.3 is 5.97 Å². The van der Waals surface area contributed by atoms with Gasteiger partial charge < -0.3 is 15.2 Å². The summed E-state index contributed by atoms with van der Waals surface area (Å²) < 4.78 is 18.1. The van der Waals surface area contributed by atoms with Crippen LogP contribution in [0.1, 0.15) is 6.92 Å². The first kappa shape index (κ1) is 12.4. The predicted molar refractivity (Wildman–Crippen MR) is 57.9 cm³/mol. The molecule has 1 aromatic carbocycles. The van der Waals surface area contributed by atoms with Gasteiger partial charge in [0, 0.05) is 7.11 Å². The Balaban J connectivity index is 2.92. The fourth-order valence-electron chi connectivity index (χ4n) is 1.30. The highest BCUT2D eigenvalue weighted by atomic mass is 19.1. The van der Waals surface area contributed by atoms with Crippen LogP contribution in [0.2, 0.25) is 0 Å². The van der Waals surface area contributed by atoms with Crippen molar-refractivity contribution < 1.29 is 19.0 Å². The number of ether oxygens (including phenoxy) is 1. The fraction of sp³-hybridized carbons (Fsp3) is 0.364. The first-order valence-electron chi connectivity index (χ1n) is 4.74. The zero-order valence-corrected chi connectivity index (χ0v) is 9.16. The molecule has 16 heavy (non-hydrogen) atoms. The van der Waals surface area contributed by atoms with Gasteiger partial charge in [0.05, 0.1) is 12.3 Å². The molecule has 0 spiro atoms. The number of anilines is 1. The Hall–Kier alpha value is -1.62. The molecule has 0 bridgehead atoms. The summed E-state index contributed by atoms with van der Waals surface area (Å²) >= 11 is 0. The van der Waals surface area contributed by atoms with Crippen molar-refractivity contribution in [3.05, 3.63) is 30.1 Å². The number of rotatable bonds is 5. The number of para-hydroxylation sites is 1. The number of carboxylic acid groups (broad SMARTS) is 1. The van der Waals surface area contributed by atoms with Gasteiger partial charge in [-0.05, 0) is 19.1 Å². The molecule has 0 aromatic heterocycles. The Bertz CT molecular complexity index is 383. The maximum atomic E-state index is 13.3. The van der Waals surface area contributed by atoms with Crippen LogP contribution in [-0.4, -0.2) is 30.3 Å². The maximum absolute atomic E-state index is 13.3. The number of hydrogen-bond acceptors (Lipinski definition) is 3. The molecule has 5 heteroatoms. The van der Waals surface area contributed by atoms with Crippen LogP contribution < -0.4 is 5.32 Å². The average molecular weight is 227 g/mol. The number of nitrogens with one attached hydrogen (secondary N) is 1. The lowest BCUT2D eigenvalue weighted by Crippen LogP contribution is -2.47. The van der Waals surface area contributed by atoms with Crippen LogP contribution in [0, 0.1) is 5.82 Å². The monoisotopic (exact) mass is 227 g/mol. The molecule has 2 N–H and O–H groups in total. The van der Waals surface area contributed by atoms with Crippen LogP contribution in [0.5, 0.6) is 0 Å². The largest absolute Gasteiger partial charge is 0.479 e. The van der Waals surface area contributed by atoms with E-state index in [1.165, 1.54) is 32.2 Å². The molecule has 1 unspecified atom stereocenters. The van der Waals surface area contributed by atoms with Crippen LogP contribution in [0.4, 0.5) is 10.1 Å². The number of hydrogen-bond donors (Lipinski definition) is 2. The molecule has 0 aliphatic rings. The number of carboxylic acids is 1. The van der Waals surface area contributed by atoms with Crippen LogP contribution in [0.15, 0.2) is 24.3 Å². The van der Waals surface area contributed by atoms with E-state index >= 15 is 0 Å². The number of aliphatic carboxylic acids is 1. The molecular weight excluding hydrogens is 213 g/mol. The lowest BCUT2D eigenvalue weighted by molar-refractivity contribution is -0.143. The molecule has 0 fully saturated rings. The SMILES string of the molecule is COCC(C)(Nc1ccccc1F)C(=O)O. The second-order valence-electron chi connectivity index (χ2n) is 3.68. The second-order valence-corrected chi connectivity index (χ2v) is 3.68. The van der Waals surface area contributed by atoms with Crippen LogP contribution in [0.3, 0.4) is 0 Å². The molecule has 0 radical (unpaired) electrons. The topological polar surface area (TPSA) is 58.6 Å². The summed E-state index contributed by atoms with van der Waals surface area (Å²) in [6.07, 6.45) is 0. The van der Waals surface area contributed by atoms with E-state index < -0.39 is 17.3 Å². The lowest BCUT2D eigenvalue weighted by atomic mass is 10.0. The summed E-state index contributed by atoms with van der Waals surface area (Å²) in [4.78, 5) is 11.1. The van der Waals surface area contributed by atoms with Crippen molar-refractivity contribution in [2.45, 2.75) is 12.5 Å². The fourth-order valence-corrected chi connectivity index (χ4v) is 1.30. The number of carbonyl (C=O) groups is 1. The van der Waals surface area contributed by atoms with Gasteiger partial charge in [-0.25, -0.2) is 9.18 Å². The Morgan fingerprint density at radius 3 is 2.69 bits per heavy atom. The Morgan fingerprint density at radius 1 is 1.56 bits per heavy atom. The molecule has 0 saturated carbocycles. The summed E-state index contributed by atoms with van der Waals surface area (Å²) in [6.45, 7) is 1.38. The molecular formula is C11H14FNO3. The normalized spacial score (nSPS) is 14.2. The molecule has 0 saturated heterocycles.